The highest BCUT2D eigenvalue weighted by Gasteiger charge is 2.20. The van der Waals surface area contributed by atoms with Crippen LogP contribution >= 0.6 is 0 Å². The van der Waals surface area contributed by atoms with Crippen molar-refractivity contribution < 1.29 is 9.21 Å². The van der Waals surface area contributed by atoms with Gasteiger partial charge in [0.15, 0.2) is 5.78 Å². The molecule has 2 aromatic rings. The number of hydrogen-bond acceptors (Lipinski definition) is 6. The Morgan fingerprint density at radius 3 is 3.11 bits per heavy atom. The monoisotopic (exact) mass is 258 g/mol. The maximum absolute atomic E-state index is 11.3. The Balaban J connectivity index is 1.67. The molecule has 6 heteroatoms. The minimum atomic E-state index is 0.253. The van der Waals surface area contributed by atoms with Crippen LogP contribution in [0.1, 0.15) is 12.2 Å². The lowest BCUT2D eigenvalue weighted by Crippen LogP contribution is -2.21. The summed E-state index contributed by atoms with van der Waals surface area (Å²) in [5, 5.41) is 3.17. The third-order valence-electron chi connectivity index (χ3n) is 3.03. The van der Waals surface area contributed by atoms with Crippen LogP contribution in [0, 0.1) is 0 Å². The Bertz CT molecular complexity index is 568. The fraction of sp³-hybridized carbons (Fsp3) is 0.308. The van der Waals surface area contributed by atoms with E-state index in [0.29, 0.717) is 19.5 Å². The van der Waals surface area contributed by atoms with Gasteiger partial charge in [0, 0.05) is 19.0 Å². The zero-order chi connectivity index (χ0) is 13.1. The second kappa shape index (κ2) is 5.09. The van der Waals surface area contributed by atoms with Crippen LogP contribution in [0.25, 0.3) is 0 Å². The smallest absolute Gasteiger partial charge is 0.153 e. The molecule has 1 aliphatic rings. The second-order valence-electron chi connectivity index (χ2n) is 4.40. The summed E-state index contributed by atoms with van der Waals surface area (Å²) in [6.45, 7) is 1.74. The molecule has 0 bridgehead atoms. The number of ketones is 1. The molecule has 0 aliphatic carbocycles. The van der Waals surface area contributed by atoms with E-state index in [0.717, 1.165) is 23.9 Å². The number of nitrogens with zero attached hydrogens (tertiary/aromatic N) is 3. The average Bonchev–Trinajstić information content (AvgIpc) is 3.08. The zero-order valence-corrected chi connectivity index (χ0v) is 10.4. The summed E-state index contributed by atoms with van der Waals surface area (Å²) < 4.78 is 5.24. The van der Waals surface area contributed by atoms with Crippen LogP contribution in [0.3, 0.4) is 0 Å². The number of nitrogens with one attached hydrogen (secondary N) is 1. The summed E-state index contributed by atoms with van der Waals surface area (Å²) >= 11 is 0. The standard InChI is InChI=1S/C13H14N4O2/c18-10-3-4-17(8-10)13-6-12(15-9-16-13)14-7-11-2-1-5-19-11/h1-2,5-6,9H,3-4,7-8H2,(H,14,15,16). The predicted molar refractivity (Wildman–Crippen MR) is 69.9 cm³/mol. The van der Waals surface area contributed by atoms with Crippen LogP contribution in [-0.2, 0) is 11.3 Å². The van der Waals surface area contributed by atoms with Crippen LogP contribution in [0.4, 0.5) is 11.6 Å². The normalized spacial score (nSPS) is 14.9. The molecule has 0 radical (unpaired) electrons. The van der Waals surface area contributed by atoms with Gasteiger partial charge in [-0.1, -0.05) is 0 Å². The van der Waals surface area contributed by atoms with Gasteiger partial charge in [-0.3, -0.25) is 4.79 Å². The maximum atomic E-state index is 11.3. The molecule has 0 atom stereocenters. The molecule has 3 heterocycles. The molecular formula is C13H14N4O2. The number of carbonyl (C=O) groups is 1. The largest absolute Gasteiger partial charge is 0.467 e. The Morgan fingerprint density at radius 1 is 1.42 bits per heavy atom. The lowest BCUT2D eigenvalue weighted by Gasteiger charge is -2.15. The van der Waals surface area contributed by atoms with Crippen molar-refractivity contribution in [2.45, 2.75) is 13.0 Å². The van der Waals surface area contributed by atoms with Crippen molar-refractivity contribution in [3.05, 3.63) is 36.5 Å². The van der Waals surface area contributed by atoms with E-state index in [1.165, 1.54) is 6.33 Å². The molecule has 19 heavy (non-hydrogen) atoms. The Morgan fingerprint density at radius 2 is 2.37 bits per heavy atom. The summed E-state index contributed by atoms with van der Waals surface area (Å²) in [7, 11) is 0. The van der Waals surface area contributed by atoms with E-state index in [-0.39, 0.29) is 5.78 Å². The fourth-order valence-electron chi connectivity index (χ4n) is 2.03. The molecule has 98 valence electrons. The van der Waals surface area contributed by atoms with Gasteiger partial charge in [0.25, 0.3) is 0 Å². The van der Waals surface area contributed by atoms with Crippen molar-refractivity contribution in [3.8, 4) is 0 Å². The Labute approximate surface area is 110 Å². The SMILES string of the molecule is O=C1CCN(c2cc(NCc3ccco3)ncn2)C1. The summed E-state index contributed by atoms with van der Waals surface area (Å²) in [5.74, 6) is 2.60. The fourth-order valence-corrected chi connectivity index (χ4v) is 2.03. The van der Waals surface area contributed by atoms with E-state index >= 15 is 0 Å². The predicted octanol–water partition coefficient (Wildman–Crippen LogP) is 1.46. The minimum Gasteiger partial charge on any atom is -0.467 e. The summed E-state index contributed by atoms with van der Waals surface area (Å²) in [5.41, 5.74) is 0. The summed E-state index contributed by atoms with van der Waals surface area (Å²) in [6, 6.07) is 5.59. The highest BCUT2D eigenvalue weighted by molar-refractivity contribution is 5.86. The van der Waals surface area contributed by atoms with E-state index in [1.54, 1.807) is 6.26 Å². The quantitative estimate of drug-likeness (QED) is 0.895. The lowest BCUT2D eigenvalue weighted by atomic mass is 10.4. The van der Waals surface area contributed by atoms with Crippen molar-refractivity contribution in [2.75, 3.05) is 23.3 Å². The highest BCUT2D eigenvalue weighted by Crippen LogP contribution is 2.18. The third kappa shape index (κ3) is 2.73. The van der Waals surface area contributed by atoms with Gasteiger partial charge >= 0.3 is 0 Å². The molecule has 1 saturated heterocycles. The van der Waals surface area contributed by atoms with Crippen molar-refractivity contribution >= 4 is 17.4 Å². The lowest BCUT2D eigenvalue weighted by molar-refractivity contribution is -0.116. The van der Waals surface area contributed by atoms with Gasteiger partial charge in [-0.05, 0) is 12.1 Å². The molecule has 1 N–H and O–H groups in total. The van der Waals surface area contributed by atoms with Gasteiger partial charge in [-0.2, -0.15) is 0 Å². The number of aromatic nitrogens is 2. The van der Waals surface area contributed by atoms with Crippen LogP contribution in [-0.4, -0.2) is 28.8 Å². The number of hydrogen-bond donors (Lipinski definition) is 1. The molecule has 0 amide bonds. The van der Waals surface area contributed by atoms with Gasteiger partial charge in [-0.15, -0.1) is 0 Å². The Hall–Kier alpha value is -2.37. The first-order chi connectivity index (χ1) is 9.31. The van der Waals surface area contributed by atoms with Crippen molar-refractivity contribution in [2.24, 2.45) is 0 Å². The minimum absolute atomic E-state index is 0.253. The zero-order valence-electron chi connectivity index (χ0n) is 10.4. The van der Waals surface area contributed by atoms with E-state index in [1.807, 2.05) is 23.1 Å². The molecular weight excluding hydrogens is 244 g/mol. The second-order valence-corrected chi connectivity index (χ2v) is 4.40. The van der Waals surface area contributed by atoms with Crippen LogP contribution < -0.4 is 10.2 Å². The summed E-state index contributed by atoms with van der Waals surface area (Å²) in [6.07, 6.45) is 3.74. The number of Topliss-reactive ketones (excluding diaryl/α,β-unsaturated/α-hetero) is 1. The van der Waals surface area contributed by atoms with Gasteiger partial charge < -0.3 is 14.6 Å². The molecule has 0 aromatic carbocycles. The summed E-state index contributed by atoms with van der Waals surface area (Å²) in [4.78, 5) is 21.6. The highest BCUT2D eigenvalue weighted by atomic mass is 16.3. The number of rotatable bonds is 4. The molecule has 6 nitrogen and oxygen atoms in total. The van der Waals surface area contributed by atoms with Crippen LogP contribution in [0.2, 0.25) is 0 Å². The van der Waals surface area contributed by atoms with Gasteiger partial charge in [0.05, 0.1) is 19.4 Å². The molecule has 3 rings (SSSR count). The topological polar surface area (TPSA) is 71.3 Å². The molecule has 0 spiro atoms. The van der Waals surface area contributed by atoms with Gasteiger partial charge in [-0.25, -0.2) is 9.97 Å². The van der Waals surface area contributed by atoms with Crippen LogP contribution in [0.5, 0.6) is 0 Å². The Kier molecular flexibility index (Phi) is 3.14. The first-order valence-corrected chi connectivity index (χ1v) is 6.16. The first-order valence-electron chi connectivity index (χ1n) is 6.16. The molecule has 2 aromatic heterocycles. The van der Waals surface area contributed by atoms with Crippen molar-refractivity contribution in [3.63, 3.8) is 0 Å². The van der Waals surface area contributed by atoms with Gasteiger partial charge in [0.1, 0.15) is 23.7 Å². The first kappa shape index (κ1) is 11.7. The van der Waals surface area contributed by atoms with E-state index < -0.39 is 0 Å². The average molecular weight is 258 g/mol. The van der Waals surface area contributed by atoms with Gasteiger partial charge in [0.2, 0.25) is 0 Å². The van der Waals surface area contributed by atoms with E-state index in [9.17, 15) is 4.79 Å². The van der Waals surface area contributed by atoms with E-state index in [4.69, 9.17) is 4.42 Å². The van der Waals surface area contributed by atoms with Crippen LogP contribution in [0.15, 0.2) is 35.2 Å². The number of carbonyl (C=O) groups excluding carboxylic acids is 1. The third-order valence-corrected chi connectivity index (χ3v) is 3.03. The molecule has 1 fully saturated rings. The molecule has 0 saturated carbocycles. The maximum Gasteiger partial charge on any atom is 0.153 e. The number of furan rings is 1. The molecule has 1 aliphatic heterocycles. The van der Waals surface area contributed by atoms with Crippen molar-refractivity contribution in [1.82, 2.24) is 9.97 Å². The number of anilines is 2. The van der Waals surface area contributed by atoms with E-state index in [2.05, 4.69) is 15.3 Å². The molecule has 0 unspecified atom stereocenters. The van der Waals surface area contributed by atoms with Crippen molar-refractivity contribution in [1.29, 1.82) is 0 Å².